The Morgan fingerprint density at radius 2 is 1.86 bits per heavy atom. The van der Waals surface area contributed by atoms with Crippen LogP contribution in [0.25, 0.3) is 0 Å². The molecule has 1 aliphatic heterocycles. The van der Waals surface area contributed by atoms with Crippen molar-refractivity contribution >= 4 is 29.6 Å². The topological polar surface area (TPSA) is 68.2 Å². The lowest BCUT2D eigenvalue weighted by atomic mass is 9.85. The summed E-state index contributed by atoms with van der Waals surface area (Å²) in [4.78, 5) is 25.5. The highest BCUT2D eigenvalue weighted by Gasteiger charge is 2.59. The fraction of sp³-hybridized carbons (Fsp3) is 0.500. The van der Waals surface area contributed by atoms with E-state index in [0.29, 0.717) is 28.7 Å². The number of imide groups is 1. The molecule has 2 aliphatic carbocycles. The van der Waals surface area contributed by atoms with Crippen molar-refractivity contribution in [1.29, 1.82) is 0 Å². The van der Waals surface area contributed by atoms with Gasteiger partial charge < -0.3 is 9.47 Å². The molecule has 1 heterocycles. The molecule has 6 nitrogen and oxygen atoms in total. The lowest BCUT2D eigenvalue weighted by Gasteiger charge is -2.18. The third-order valence-electron chi connectivity index (χ3n) is 6.00. The number of carbonyl (C=O) groups is 2. The minimum absolute atomic E-state index is 0.00513. The van der Waals surface area contributed by atoms with Gasteiger partial charge in [-0.05, 0) is 56.2 Å². The van der Waals surface area contributed by atoms with Gasteiger partial charge in [-0.2, -0.15) is 10.1 Å². The Morgan fingerprint density at radius 3 is 2.45 bits per heavy atom. The summed E-state index contributed by atoms with van der Waals surface area (Å²) in [6.45, 7) is 6.33. The highest BCUT2D eigenvalue weighted by Crippen LogP contribution is 2.52. The van der Waals surface area contributed by atoms with E-state index >= 15 is 0 Å². The fourth-order valence-corrected chi connectivity index (χ4v) is 4.71. The van der Waals surface area contributed by atoms with Crippen LogP contribution in [0.15, 0.2) is 29.4 Å². The van der Waals surface area contributed by atoms with Crippen LogP contribution in [0.2, 0.25) is 5.02 Å². The Balaban J connectivity index is 1.57. The summed E-state index contributed by atoms with van der Waals surface area (Å²) in [5, 5.41) is 5.64. The molecule has 2 amide bonds. The van der Waals surface area contributed by atoms with Gasteiger partial charge >= 0.3 is 0 Å². The Kier molecular flexibility index (Phi) is 5.38. The van der Waals surface area contributed by atoms with Gasteiger partial charge in [0.25, 0.3) is 11.8 Å². The third-order valence-corrected chi connectivity index (χ3v) is 6.28. The zero-order chi connectivity index (χ0) is 20.7. The van der Waals surface area contributed by atoms with Gasteiger partial charge in [0.1, 0.15) is 0 Å². The molecule has 2 bridgehead atoms. The molecule has 1 aromatic rings. The number of amides is 2. The van der Waals surface area contributed by atoms with Gasteiger partial charge in [0, 0.05) is 0 Å². The molecular formula is C22H25ClN2O4. The Labute approximate surface area is 175 Å². The molecule has 1 saturated carbocycles. The van der Waals surface area contributed by atoms with E-state index < -0.39 is 0 Å². The summed E-state index contributed by atoms with van der Waals surface area (Å²) in [5.74, 6) is 0.398. The van der Waals surface area contributed by atoms with Crippen LogP contribution in [0.3, 0.4) is 0 Å². The van der Waals surface area contributed by atoms with Crippen LogP contribution >= 0.6 is 11.6 Å². The average molecular weight is 417 g/mol. The summed E-state index contributed by atoms with van der Waals surface area (Å²) in [5.41, 5.74) is 0.633. The minimum atomic E-state index is -0.261. The monoisotopic (exact) mass is 416 g/mol. The molecule has 154 valence electrons. The van der Waals surface area contributed by atoms with Gasteiger partial charge in [-0.3, -0.25) is 9.59 Å². The summed E-state index contributed by atoms with van der Waals surface area (Å²) in [7, 11) is 0. The first kappa shape index (κ1) is 20.0. The van der Waals surface area contributed by atoms with Gasteiger partial charge in [0.05, 0.1) is 35.8 Å². The van der Waals surface area contributed by atoms with E-state index in [0.717, 1.165) is 17.9 Å². The minimum Gasteiger partial charge on any atom is -0.490 e. The maximum atomic E-state index is 12.7. The van der Waals surface area contributed by atoms with Crippen molar-refractivity contribution in [3.63, 3.8) is 0 Å². The number of ether oxygens (including phenoxy) is 2. The second kappa shape index (κ2) is 7.82. The lowest BCUT2D eigenvalue weighted by Crippen LogP contribution is -2.28. The number of hydrogen-bond acceptors (Lipinski definition) is 5. The van der Waals surface area contributed by atoms with Crippen molar-refractivity contribution < 1.29 is 19.1 Å². The molecule has 5 atom stereocenters. The number of rotatable bonds is 7. The van der Waals surface area contributed by atoms with E-state index in [-0.39, 0.29) is 41.6 Å². The third kappa shape index (κ3) is 3.44. The summed E-state index contributed by atoms with van der Waals surface area (Å²) >= 11 is 6.43. The van der Waals surface area contributed by atoms with Gasteiger partial charge in [0.15, 0.2) is 11.5 Å². The largest absolute Gasteiger partial charge is 0.490 e. The molecule has 7 heteroatoms. The highest BCUT2D eigenvalue weighted by molar-refractivity contribution is 6.32. The summed E-state index contributed by atoms with van der Waals surface area (Å²) in [6.07, 6.45) is 7.34. The normalized spacial score (nSPS) is 28.5. The zero-order valence-electron chi connectivity index (χ0n) is 16.8. The van der Waals surface area contributed by atoms with E-state index in [1.54, 1.807) is 12.1 Å². The molecule has 29 heavy (non-hydrogen) atoms. The average Bonchev–Trinajstić information content (AvgIpc) is 3.37. The predicted molar refractivity (Wildman–Crippen MR) is 110 cm³/mol. The van der Waals surface area contributed by atoms with Crippen LogP contribution in [0.1, 0.15) is 39.2 Å². The molecule has 0 unspecified atom stereocenters. The van der Waals surface area contributed by atoms with Gasteiger partial charge in [-0.1, -0.05) is 30.7 Å². The van der Waals surface area contributed by atoms with E-state index in [1.165, 1.54) is 6.21 Å². The van der Waals surface area contributed by atoms with Crippen molar-refractivity contribution in [2.24, 2.45) is 28.8 Å². The number of benzene rings is 1. The second-order valence-electron chi connectivity index (χ2n) is 7.83. The van der Waals surface area contributed by atoms with E-state index in [2.05, 4.69) is 17.3 Å². The Hall–Kier alpha value is -2.34. The molecule has 0 N–H and O–H groups in total. The Morgan fingerprint density at radius 1 is 1.21 bits per heavy atom. The number of halogens is 1. The van der Waals surface area contributed by atoms with Crippen LogP contribution < -0.4 is 9.47 Å². The molecule has 1 saturated heterocycles. The number of fused-ring (bicyclic) bond motifs is 5. The van der Waals surface area contributed by atoms with Gasteiger partial charge in [-0.25, -0.2) is 0 Å². The molecule has 0 spiro atoms. The maximum Gasteiger partial charge on any atom is 0.254 e. The number of allylic oxidation sites excluding steroid dienone is 2. The SMILES string of the molecule is CCOc1cc(C=NN2C(=O)[C@@H]3[C@H](C2=O)[C@H]2C=C[C@H]3C2)cc(Cl)c1O[C@@H](C)CC. The van der Waals surface area contributed by atoms with E-state index in [4.69, 9.17) is 21.1 Å². The molecule has 0 aromatic heterocycles. The number of nitrogens with zero attached hydrogens (tertiary/aromatic N) is 2. The first-order chi connectivity index (χ1) is 13.9. The number of carbonyl (C=O) groups excluding carboxylic acids is 2. The van der Waals surface area contributed by atoms with Gasteiger partial charge in [0.2, 0.25) is 0 Å². The Bertz CT molecular complexity index is 867. The maximum absolute atomic E-state index is 12.7. The van der Waals surface area contributed by atoms with Crippen LogP contribution in [0, 0.1) is 23.7 Å². The zero-order valence-corrected chi connectivity index (χ0v) is 17.6. The lowest BCUT2D eigenvalue weighted by molar-refractivity contribution is -0.140. The fourth-order valence-electron chi connectivity index (χ4n) is 4.45. The van der Waals surface area contributed by atoms with Crippen molar-refractivity contribution in [1.82, 2.24) is 5.01 Å². The number of hydrogen-bond donors (Lipinski definition) is 0. The van der Waals surface area contributed by atoms with Gasteiger partial charge in [-0.15, -0.1) is 0 Å². The summed E-state index contributed by atoms with van der Waals surface area (Å²) < 4.78 is 11.6. The predicted octanol–water partition coefficient (Wildman–Crippen LogP) is 4.06. The van der Waals surface area contributed by atoms with Crippen LogP contribution in [-0.4, -0.2) is 35.7 Å². The quantitative estimate of drug-likeness (QED) is 0.382. The van der Waals surface area contributed by atoms with E-state index in [9.17, 15) is 9.59 Å². The standard InChI is InChI=1S/C22H25ClN2O4/c1-4-12(3)29-20-16(23)8-13(9-17(20)28-5-2)11-24-25-21(26)18-14-6-7-15(10-14)19(18)22(25)27/h6-9,11-12,14-15,18-19H,4-5,10H2,1-3H3/t12-,14-,15-,18-,19+/m0/s1. The van der Waals surface area contributed by atoms with E-state index in [1.807, 2.05) is 20.8 Å². The molecule has 2 fully saturated rings. The molecule has 1 aromatic carbocycles. The first-order valence-corrected chi connectivity index (χ1v) is 10.6. The second-order valence-corrected chi connectivity index (χ2v) is 8.24. The first-order valence-electron chi connectivity index (χ1n) is 10.2. The van der Waals surface area contributed by atoms with Crippen LogP contribution in [-0.2, 0) is 9.59 Å². The highest BCUT2D eigenvalue weighted by atomic mass is 35.5. The van der Waals surface area contributed by atoms with Crippen molar-refractivity contribution in [3.8, 4) is 11.5 Å². The van der Waals surface area contributed by atoms with Crippen LogP contribution in [0.5, 0.6) is 11.5 Å². The smallest absolute Gasteiger partial charge is 0.254 e. The molecule has 3 aliphatic rings. The van der Waals surface area contributed by atoms with Crippen molar-refractivity contribution in [2.75, 3.05) is 6.61 Å². The van der Waals surface area contributed by atoms with Crippen LogP contribution in [0.4, 0.5) is 0 Å². The molecule has 0 radical (unpaired) electrons. The summed E-state index contributed by atoms with van der Waals surface area (Å²) in [6, 6.07) is 3.45. The van der Waals surface area contributed by atoms with Crippen molar-refractivity contribution in [2.45, 2.75) is 39.7 Å². The van der Waals surface area contributed by atoms with Crippen molar-refractivity contribution in [3.05, 3.63) is 34.9 Å². The number of hydrazone groups is 1. The molecule has 4 rings (SSSR count). The molecular weight excluding hydrogens is 392 g/mol.